The quantitative estimate of drug-likeness (QED) is 0.548. The van der Waals surface area contributed by atoms with Crippen LogP contribution in [-0.4, -0.2) is 25.3 Å². The lowest BCUT2D eigenvalue weighted by Gasteiger charge is -2.12. The zero-order chi connectivity index (χ0) is 21.5. The number of benzene rings is 3. The smallest absolute Gasteiger partial charge is 0.306 e. The summed E-state index contributed by atoms with van der Waals surface area (Å²) in [5.41, 5.74) is 1.42. The number of carbonyl (C=O) groups excluding carboxylic acids is 2. The van der Waals surface area contributed by atoms with Crippen molar-refractivity contribution in [3.8, 4) is 23.0 Å². The van der Waals surface area contributed by atoms with Crippen LogP contribution in [0.2, 0.25) is 0 Å². The van der Waals surface area contributed by atoms with E-state index >= 15 is 0 Å². The van der Waals surface area contributed by atoms with Crippen molar-refractivity contribution in [1.29, 1.82) is 0 Å². The van der Waals surface area contributed by atoms with E-state index in [1.165, 1.54) is 0 Å². The molecule has 158 valence electrons. The number of anilines is 1. The average molecular weight is 419 g/mol. The van der Waals surface area contributed by atoms with Crippen LogP contribution in [0.1, 0.15) is 12.0 Å². The maximum absolute atomic E-state index is 12.2. The molecule has 0 aromatic heterocycles. The van der Waals surface area contributed by atoms with Crippen molar-refractivity contribution in [1.82, 2.24) is 0 Å². The molecule has 0 unspecified atom stereocenters. The summed E-state index contributed by atoms with van der Waals surface area (Å²) in [6.45, 7) is -0.172. The lowest BCUT2D eigenvalue weighted by atomic mass is 10.1. The molecule has 1 aliphatic rings. The van der Waals surface area contributed by atoms with Crippen molar-refractivity contribution in [2.75, 3.05) is 18.7 Å². The first kappa shape index (κ1) is 20.3. The molecular formula is C24H21NO6. The van der Waals surface area contributed by atoms with Crippen LogP contribution in [0.4, 0.5) is 5.69 Å². The zero-order valence-corrected chi connectivity index (χ0v) is 16.7. The van der Waals surface area contributed by atoms with Crippen molar-refractivity contribution in [3.05, 3.63) is 78.4 Å². The van der Waals surface area contributed by atoms with E-state index in [0.29, 0.717) is 35.1 Å². The number of nitrogens with one attached hydrogen (secondary N) is 1. The summed E-state index contributed by atoms with van der Waals surface area (Å²) < 4.78 is 21.5. The second-order valence-corrected chi connectivity index (χ2v) is 6.81. The molecule has 0 spiro atoms. The Bertz CT molecular complexity index is 1070. The third kappa shape index (κ3) is 5.54. The van der Waals surface area contributed by atoms with Gasteiger partial charge in [0, 0.05) is 6.42 Å². The first-order valence-corrected chi connectivity index (χ1v) is 9.83. The molecule has 7 nitrogen and oxygen atoms in total. The van der Waals surface area contributed by atoms with Crippen molar-refractivity contribution < 1.29 is 28.5 Å². The van der Waals surface area contributed by atoms with Gasteiger partial charge in [0.2, 0.25) is 6.79 Å². The normalized spacial score (nSPS) is 11.6. The monoisotopic (exact) mass is 419 g/mol. The molecule has 1 aliphatic heterocycles. The Balaban J connectivity index is 1.25. The Labute approximate surface area is 179 Å². The van der Waals surface area contributed by atoms with Gasteiger partial charge in [0.05, 0.1) is 5.69 Å². The maximum atomic E-state index is 12.2. The highest BCUT2D eigenvalue weighted by Crippen LogP contribution is 2.33. The van der Waals surface area contributed by atoms with Gasteiger partial charge < -0.3 is 24.3 Å². The van der Waals surface area contributed by atoms with Gasteiger partial charge in [0.25, 0.3) is 5.91 Å². The predicted molar refractivity (Wildman–Crippen MR) is 113 cm³/mol. The van der Waals surface area contributed by atoms with E-state index in [0.717, 1.165) is 5.56 Å². The van der Waals surface area contributed by atoms with Crippen LogP contribution in [-0.2, 0) is 20.7 Å². The van der Waals surface area contributed by atoms with Gasteiger partial charge in [-0.1, -0.05) is 36.4 Å². The molecule has 0 saturated carbocycles. The molecule has 0 fully saturated rings. The second-order valence-electron chi connectivity index (χ2n) is 6.81. The molecule has 4 rings (SSSR count). The minimum atomic E-state index is -0.457. The van der Waals surface area contributed by atoms with Crippen LogP contribution in [0.3, 0.4) is 0 Å². The fraction of sp³-hybridized carbons (Fsp3) is 0.167. The second kappa shape index (κ2) is 9.67. The number of hydrogen-bond acceptors (Lipinski definition) is 6. The van der Waals surface area contributed by atoms with Crippen molar-refractivity contribution in [3.63, 3.8) is 0 Å². The number of para-hydroxylation sites is 3. The molecule has 3 aromatic carbocycles. The Morgan fingerprint density at radius 2 is 1.68 bits per heavy atom. The van der Waals surface area contributed by atoms with Crippen LogP contribution in [0.25, 0.3) is 0 Å². The van der Waals surface area contributed by atoms with Gasteiger partial charge in [-0.25, -0.2) is 0 Å². The molecule has 0 aliphatic carbocycles. The number of amides is 1. The van der Waals surface area contributed by atoms with E-state index in [2.05, 4.69) is 5.32 Å². The van der Waals surface area contributed by atoms with Crippen LogP contribution in [0.15, 0.2) is 72.8 Å². The van der Waals surface area contributed by atoms with E-state index in [9.17, 15) is 9.59 Å². The molecule has 3 aromatic rings. The molecule has 1 N–H and O–H groups in total. The van der Waals surface area contributed by atoms with Gasteiger partial charge in [-0.3, -0.25) is 9.59 Å². The first-order valence-electron chi connectivity index (χ1n) is 9.83. The minimum absolute atomic E-state index is 0.153. The number of hydrogen-bond donors (Lipinski definition) is 1. The van der Waals surface area contributed by atoms with E-state index in [1.807, 2.05) is 54.6 Å². The number of carbonyl (C=O) groups is 2. The molecular weight excluding hydrogens is 398 g/mol. The largest absolute Gasteiger partial charge is 0.456 e. The summed E-state index contributed by atoms with van der Waals surface area (Å²) >= 11 is 0. The van der Waals surface area contributed by atoms with Crippen LogP contribution < -0.4 is 19.5 Å². The first-order chi connectivity index (χ1) is 15.2. The Morgan fingerprint density at radius 3 is 2.55 bits per heavy atom. The van der Waals surface area contributed by atoms with Crippen LogP contribution in [0.5, 0.6) is 23.0 Å². The molecule has 31 heavy (non-hydrogen) atoms. The summed E-state index contributed by atoms with van der Waals surface area (Å²) in [4.78, 5) is 24.3. The molecule has 0 radical (unpaired) electrons. The topological polar surface area (TPSA) is 83.1 Å². The zero-order valence-electron chi connectivity index (χ0n) is 16.7. The van der Waals surface area contributed by atoms with Gasteiger partial charge >= 0.3 is 5.97 Å². The summed E-state index contributed by atoms with van der Waals surface area (Å²) in [6.07, 6.45) is 0.630. The molecule has 7 heteroatoms. The highest BCUT2D eigenvalue weighted by molar-refractivity contribution is 5.94. The van der Waals surface area contributed by atoms with Gasteiger partial charge in [0.1, 0.15) is 5.75 Å². The number of aryl methyl sites for hydroxylation is 1. The lowest BCUT2D eigenvalue weighted by Crippen LogP contribution is -2.21. The van der Waals surface area contributed by atoms with E-state index in [-0.39, 0.29) is 19.8 Å². The number of rotatable bonds is 8. The lowest BCUT2D eigenvalue weighted by molar-refractivity contribution is -0.147. The number of esters is 1. The fourth-order valence-electron chi connectivity index (χ4n) is 3.02. The molecule has 1 heterocycles. The maximum Gasteiger partial charge on any atom is 0.306 e. The van der Waals surface area contributed by atoms with Crippen LogP contribution >= 0.6 is 0 Å². The summed E-state index contributed by atoms with van der Waals surface area (Å²) in [5.74, 6) is 1.61. The van der Waals surface area contributed by atoms with Crippen molar-refractivity contribution >= 4 is 17.6 Å². The van der Waals surface area contributed by atoms with Crippen molar-refractivity contribution in [2.45, 2.75) is 12.8 Å². The third-order valence-corrected chi connectivity index (χ3v) is 4.55. The van der Waals surface area contributed by atoms with Crippen LogP contribution in [0, 0.1) is 0 Å². The van der Waals surface area contributed by atoms with Gasteiger partial charge in [-0.15, -0.1) is 0 Å². The summed E-state index contributed by atoms with van der Waals surface area (Å²) in [5, 5.41) is 2.72. The Morgan fingerprint density at radius 1 is 0.903 bits per heavy atom. The molecule has 0 atom stereocenters. The van der Waals surface area contributed by atoms with E-state index < -0.39 is 11.9 Å². The minimum Gasteiger partial charge on any atom is -0.456 e. The van der Waals surface area contributed by atoms with Gasteiger partial charge in [-0.2, -0.15) is 0 Å². The van der Waals surface area contributed by atoms with E-state index in [4.69, 9.17) is 18.9 Å². The summed E-state index contributed by atoms with van der Waals surface area (Å²) in [7, 11) is 0. The van der Waals surface area contributed by atoms with E-state index in [1.54, 1.807) is 18.2 Å². The van der Waals surface area contributed by atoms with Crippen molar-refractivity contribution in [2.24, 2.45) is 0 Å². The fourth-order valence-corrected chi connectivity index (χ4v) is 3.02. The highest BCUT2D eigenvalue weighted by atomic mass is 16.7. The Kier molecular flexibility index (Phi) is 6.32. The predicted octanol–water partition coefficient (Wildman–Crippen LogP) is 4.32. The summed E-state index contributed by atoms with van der Waals surface area (Å²) in [6, 6.07) is 21.8. The highest BCUT2D eigenvalue weighted by Gasteiger charge is 2.15. The number of ether oxygens (including phenoxy) is 4. The van der Waals surface area contributed by atoms with Gasteiger partial charge in [0.15, 0.2) is 23.9 Å². The SMILES string of the molecule is O=C(COC(=O)CCc1ccc2c(c1)OCO2)Nc1ccccc1Oc1ccccc1. The molecule has 0 bridgehead atoms. The molecule has 1 amide bonds. The molecule has 0 saturated heterocycles. The average Bonchev–Trinajstić information content (AvgIpc) is 3.26. The standard InChI is InChI=1S/C24H21NO6/c26-23(25-19-8-4-5-9-20(19)31-18-6-2-1-3-7-18)15-28-24(27)13-11-17-10-12-21-22(14-17)30-16-29-21/h1-10,12,14H,11,13,15-16H2,(H,25,26). The number of fused-ring (bicyclic) bond motifs is 1. The third-order valence-electron chi connectivity index (χ3n) is 4.55. The Hall–Kier alpha value is -4.00. The van der Waals surface area contributed by atoms with Gasteiger partial charge in [-0.05, 0) is 48.4 Å².